The summed E-state index contributed by atoms with van der Waals surface area (Å²) in [5, 5.41) is 10.8. The Bertz CT molecular complexity index is 765. The fourth-order valence-electron chi connectivity index (χ4n) is 2.46. The molecule has 1 N–H and O–H groups in total. The number of benzene rings is 1. The molecule has 1 amide bonds. The molecule has 0 aliphatic carbocycles. The summed E-state index contributed by atoms with van der Waals surface area (Å²) in [6.45, 7) is 4.30. The lowest BCUT2D eigenvalue weighted by molar-refractivity contribution is -0.131. The van der Waals surface area contributed by atoms with E-state index < -0.39 is 6.10 Å². The normalized spacial score (nSPS) is 16.5. The quantitative estimate of drug-likeness (QED) is 0.871. The summed E-state index contributed by atoms with van der Waals surface area (Å²) in [4.78, 5) is 17.3. The Morgan fingerprint density at radius 1 is 1.36 bits per heavy atom. The summed E-state index contributed by atoms with van der Waals surface area (Å²) >= 11 is 0. The third-order valence-electron chi connectivity index (χ3n) is 4.03. The van der Waals surface area contributed by atoms with E-state index in [1.54, 1.807) is 13.2 Å². The molecule has 2 heterocycles. The molecule has 0 radical (unpaired) electrons. The molecule has 0 spiro atoms. The molecule has 1 aliphatic rings. The molecular formula is C18H21N3O4. The van der Waals surface area contributed by atoms with E-state index in [1.165, 1.54) is 0 Å². The van der Waals surface area contributed by atoms with Crippen LogP contribution in [0.4, 0.5) is 0 Å². The molecule has 0 bridgehead atoms. The molecule has 0 saturated heterocycles. The molecule has 0 fully saturated rings. The van der Waals surface area contributed by atoms with Gasteiger partial charge in [-0.15, -0.1) is 0 Å². The van der Waals surface area contributed by atoms with Crippen molar-refractivity contribution in [1.29, 1.82) is 0 Å². The predicted octanol–water partition coefficient (Wildman–Crippen LogP) is 2.77. The summed E-state index contributed by atoms with van der Waals surface area (Å²) in [6, 6.07) is 9.31. The molecule has 0 saturated carbocycles. The summed E-state index contributed by atoms with van der Waals surface area (Å²) < 4.78 is 10.4. The first-order valence-corrected chi connectivity index (χ1v) is 8.17. The SMILES string of the molecule is COc1ccc(-c2cc(CNC(=O)C3CC(C(C)C)=NO3)on2)cc1. The minimum atomic E-state index is -0.568. The van der Waals surface area contributed by atoms with Crippen LogP contribution in [0.2, 0.25) is 0 Å². The highest BCUT2D eigenvalue weighted by atomic mass is 16.6. The molecule has 1 atom stereocenters. The first kappa shape index (κ1) is 17.0. The maximum atomic E-state index is 12.1. The third kappa shape index (κ3) is 3.99. The van der Waals surface area contributed by atoms with Gasteiger partial charge in [0, 0.05) is 18.1 Å². The van der Waals surface area contributed by atoms with E-state index in [0.717, 1.165) is 17.0 Å². The molecule has 1 aliphatic heterocycles. The Labute approximate surface area is 146 Å². The molecule has 1 unspecified atom stereocenters. The zero-order chi connectivity index (χ0) is 17.8. The zero-order valence-corrected chi connectivity index (χ0v) is 14.5. The van der Waals surface area contributed by atoms with Gasteiger partial charge in [0.15, 0.2) is 5.76 Å². The van der Waals surface area contributed by atoms with Gasteiger partial charge in [-0.05, 0) is 30.2 Å². The maximum absolute atomic E-state index is 12.1. The largest absolute Gasteiger partial charge is 0.497 e. The second-order valence-corrected chi connectivity index (χ2v) is 6.16. The van der Waals surface area contributed by atoms with Gasteiger partial charge in [-0.25, -0.2) is 0 Å². The number of rotatable bonds is 6. The number of methoxy groups -OCH3 is 1. The second kappa shape index (κ2) is 7.38. The molecule has 2 aromatic rings. The number of hydrogen-bond donors (Lipinski definition) is 1. The number of carbonyl (C=O) groups excluding carboxylic acids is 1. The minimum Gasteiger partial charge on any atom is -0.497 e. The maximum Gasteiger partial charge on any atom is 0.264 e. The number of oxime groups is 1. The molecule has 7 nitrogen and oxygen atoms in total. The van der Waals surface area contributed by atoms with Crippen molar-refractivity contribution in [3.63, 3.8) is 0 Å². The smallest absolute Gasteiger partial charge is 0.264 e. The van der Waals surface area contributed by atoms with E-state index in [2.05, 4.69) is 15.6 Å². The molecule has 7 heteroatoms. The van der Waals surface area contributed by atoms with Gasteiger partial charge in [0.2, 0.25) is 6.10 Å². The van der Waals surface area contributed by atoms with Gasteiger partial charge >= 0.3 is 0 Å². The van der Waals surface area contributed by atoms with E-state index in [9.17, 15) is 4.79 Å². The summed E-state index contributed by atoms with van der Waals surface area (Å²) in [7, 11) is 1.62. The summed E-state index contributed by atoms with van der Waals surface area (Å²) in [5.74, 6) is 1.42. The highest BCUT2D eigenvalue weighted by molar-refractivity contribution is 5.93. The number of nitrogens with zero attached hydrogens (tertiary/aromatic N) is 2. The Kier molecular flexibility index (Phi) is 5.02. The van der Waals surface area contributed by atoms with Crippen molar-refractivity contribution < 1.29 is 18.9 Å². The van der Waals surface area contributed by atoms with Gasteiger partial charge in [0.05, 0.1) is 19.4 Å². The Morgan fingerprint density at radius 2 is 2.12 bits per heavy atom. The van der Waals surface area contributed by atoms with Crippen molar-refractivity contribution in [3.05, 3.63) is 36.1 Å². The van der Waals surface area contributed by atoms with Gasteiger partial charge in [-0.2, -0.15) is 0 Å². The van der Waals surface area contributed by atoms with Gasteiger partial charge in [0.1, 0.15) is 11.4 Å². The number of amides is 1. The Hall–Kier alpha value is -2.83. The van der Waals surface area contributed by atoms with Crippen LogP contribution in [-0.2, 0) is 16.2 Å². The average molecular weight is 343 g/mol. The minimum absolute atomic E-state index is 0.207. The van der Waals surface area contributed by atoms with Crippen LogP contribution in [-0.4, -0.2) is 30.0 Å². The number of hydrogen-bond acceptors (Lipinski definition) is 6. The van der Waals surface area contributed by atoms with Crippen molar-refractivity contribution in [1.82, 2.24) is 10.5 Å². The molecule has 132 valence electrons. The highest BCUT2D eigenvalue weighted by Gasteiger charge is 2.29. The fraction of sp³-hybridized carbons (Fsp3) is 0.389. The molecule has 25 heavy (non-hydrogen) atoms. The van der Waals surface area contributed by atoms with Crippen LogP contribution in [0, 0.1) is 5.92 Å². The number of nitrogens with one attached hydrogen (secondary N) is 1. The monoisotopic (exact) mass is 343 g/mol. The van der Waals surface area contributed by atoms with Crippen LogP contribution in [0.15, 0.2) is 40.0 Å². The van der Waals surface area contributed by atoms with Crippen LogP contribution in [0.3, 0.4) is 0 Å². The van der Waals surface area contributed by atoms with E-state index in [0.29, 0.717) is 17.9 Å². The van der Waals surface area contributed by atoms with Crippen molar-refractivity contribution in [2.75, 3.05) is 7.11 Å². The van der Waals surface area contributed by atoms with E-state index in [4.69, 9.17) is 14.1 Å². The zero-order valence-electron chi connectivity index (χ0n) is 14.5. The van der Waals surface area contributed by atoms with Crippen molar-refractivity contribution >= 4 is 11.6 Å². The van der Waals surface area contributed by atoms with Crippen LogP contribution in [0.5, 0.6) is 5.75 Å². The van der Waals surface area contributed by atoms with Crippen LogP contribution < -0.4 is 10.1 Å². The second-order valence-electron chi connectivity index (χ2n) is 6.16. The number of carbonyl (C=O) groups is 1. The van der Waals surface area contributed by atoms with E-state index in [1.807, 2.05) is 38.1 Å². The lowest BCUT2D eigenvalue weighted by Crippen LogP contribution is -2.34. The average Bonchev–Trinajstić information content (AvgIpc) is 3.29. The van der Waals surface area contributed by atoms with Crippen molar-refractivity contribution in [2.24, 2.45) is 11.1 Å². The molecular weight excluding hydrogens is 322 g/mol. The lowest BCUT2D eigenvalue weighted by Gasteiger charge is -2.08. The van der Waals surface area contributed by atoms with Crippen LogP contribution in [0.25, 0.3) is 11.3 Å². The Balaban J connectivity index is 1.54. The van der Waals surface area contributed by atoms with Crippen LogP contribution in [0.1, 0.15) is 26.0 Å². The first-order valence-electron chi connectivity index (χ1n) is 8.17. The standard InChI is InChI=1S/C18H21N3O4/c1-11(2)15-9-17(25-20-15)18(22)19-10-14-8-16(21-24-14)12-4-6-13(23-3)7-5-12/h4-8,11,17H,9-10H2,1-3H3,(H,19,22). The first-order chi connectivity index (χ1) is 12.1. The molecule has 1 aromatic heterocycles. The van der Waals surface area contributed by atoms with E-state index in [-0.39, 0.29) is 18.4 Å². The van der Waals surface area contributed by atoms with Gasteiger partial charge < -0.3 is 19.4 Å². The number of aromatic nitrogens is 1. The Morgan fingerprint density at radius 3 is 2.76 bits per heavy atom. The predicted molar refractivity (Wildman–Crippen MR) is 92.1 cm³/mol. The van der Waals surface area contributed by atoms with Gasteiger partial charge in [0.25, 0.3) is 5.91 Å². The van der Waals surface area contributed by atoms with E-state index >= 15 is 0 Å². The highest BCUT2D eigenvalue weighted by Crippen LogP contribution is 2.22. The van der Waals surface area contributed by atoms with Gasteiger partial charge in [-0.3, -0.25) is 4.79 Å². The number of ether oxygens (including phenoxy) is 1. The van der Waals surface area contributed by atoms with Gasteiger partial charge in [-0.1, -0.05) is 24.2 Å². The van der Waals surface area contributed by atoms with Crippen molar-refractivity contribution in [3.8, 4) is 17.0 Å². The topological polar surface area (TPSA) is 86.0 Å². The molecule has 3 rings (SSSR count). The third-order valence-corrected chi connectivity index (χ3v) is 4.03. The lowest BCUT2D eigenvalue weighted by atomic mass is 10.0. The summed E-state index contributed by atoms with van der Waals surface area (Å²) in [5.41, 5.74) is 2.52. The molecule has 1 aromatic carbocycles. The van der Waals surface area contributed by atoms with Crippen LogP contribution >= 0.6 is 0 Å². The fourth-order valence-corrected chi connectivity index (χ4v) is 2.46. The summed E-state index contributed by atoms with van der Waals surface area (Å²) in [6.07, 6.45) is -0.0434. The van der Waals surface area contributed by atoms with Crippen molar-refractivity contribution in [2.45, 2.75) is 32.9 Å².